The average molecular weight is 367 g/mol. The zero-order valence-electron chi connectivity index (χ0n) is 16.7. The Kier molecular flexibility index (Phi) is 6.04. The van der Waals surface area contributed by atoms with E-state index in [9.17, 15) is 4.79 Å². The van der Waals surface area contributed by atoms with Crippen LogP contribution in [-0.4, -0.2) is 20.1 Å². The molecule has 0 bridgehead atoms. The van der Waals surface area contributed by atoms with Crippen molar-refractivity contribution in [1.82, 2.24) is 5.32 Å². The first-order chi connectivity index (χ1) is 13.0. The zero-order valence-corrected chi connectivity index (χ0v) is 16.7. The summed E-state index contributed by atoms with van der Waals surface area (Å²) >= 11 is 0. The number of hydrogen-bond donors (Lipinski definition) is 1. The lowest BCUT2D eigenvalue weighted by Gasteiger charge is -2.20. The van der Waals surface area contributed by atoms with E-state index in [2.05, 4.69) is 23.5 Å². The molecule has 0 saturated heterocycles. The van der Waals surface area contributed by atoms with Crippen molar-refractivity contribution in [3.8, 4) is 11.5 Å². The molecule has 1 atom stereocenters. The van der Waals surface area contributed by atoms with Crippen molar-refractivity contribution in [3.05, 3.63) is 58.1 Å². The molecule has 144 valence electrons. The van der Waals surface area contributed by atoms with Gasteiger partial charge in [0.2, 0.25) is 5.91 Å². The standard InChI is InChI=1S/C23H29NO3/c1-15-11-21(26-3)22(27-4)13-20(15)14-23(25)24-16(2)18-10-9-17-7-5-6-8-19(17)12-18/h9-13,16H,5-8,14H2,1-4H3,(H,24,25). The number of methoxy groups -OCH3 is 2. The van der Waals surface area contributed by atoms with Crippen LogP contribution in [0.4, 0.5) is 0 Å². The first-order valence-corrected chi connectivity index (χ1v) is 9.64. The van der Waals surface area contributed by atoms with Crippen molar-refractivity contribution in [2.75, 3.05) is 14.2 Å². The van der Waals surface area contributed by atoms with Crippen molar-refractivity contribution in [3.63, 3.8) is 0 Å². The number of carbonyl (C=O) groups excluding carboxylic acids is 1. The topological polar surface area (TPSA) is 47.6 Å². The van der Waals surface area contributed by atoms with Gasteiger partial charge in [-0.25, -0.2) is 0 Å². The number of aryl methyl sites for hydroxylation is 3. The van der Waals surface area contributed by atoms with E-state index in [4.69, 9.17) is 9.47 Å². The van der Waals surface area contributed by atoms with E-state index >= 15 is 0 Å². The Hall–Kier alpha value is -2.49. The molecule has 0 spiro atoms. The van der Waals surface area contributed by atoms with Gasteiger partial charge in [-0.15, -0.1) is 0 Å². The van der Waals surface area contributed by atoms with Crippen molar-refractivity contribution >= 4 is 5.91 Å². The lowest BCUT2D eigenvalue weighted by Crippen LogP contribution is -2.28. The Balaban J connectivity index is 1.69. The van der Waals surface area contributed by atoms with E-state index in [1.54, 1.807) is 14.2 Å². The Morgan fingerprint density at radius 2 is 1.70 bits per heavy atom. The molecule has 0 radical (unpaired) electrons. The molecular weight excluding hydrogens is 338 g/mol. The summed E-state index contributed by atoms with van der Waals surface area (Å²) in [4.78, 5) is 12.6. The average Bonchev–Trinajstić information content (AvgIpc) is 2.68. The fraction of sp³-hybridized carbons (Fsp3) is 0.435. The molecule has 1 aliphatic carbocycles. The highest BCUT2D eigenvalue weighted by atomic mass is 16.5. The molecule has 2 aromatic rings. The Morgan fingerprint density at radius 3 is 2.41 bits per heavy atom. The van der Waals surface area contributed by atoms with Crippen LogP contribution in [0.2, 0.25) is 0 Å². The van der Waals surface area contributed by atoms with Crippen LogP contribution in [0.1, 0.15) is 53.6 Å². The van der Waals surface area contributed by atoms with Gasteiger partial charge in [0, 0.05) is 0 Å². The Bertz CT molecular complexity index is 829. The van der Waals surface area contributed by atoms with Crippen molar-refractivity contribution in [1.29, 1.82) is 0 Å². The Labute approximate surface area is 161 Å². The number of amides is 1. The molecule has 0 fully saturated rings. The molecule has 0 saturated carbocycles. The maximum atomic E-state index is 12.6. The predicted molar refractivity (Wildman–Crippen MR) is 108 cm³/mol. The van der Waals surface area contributed by atoms with Crippen LogP contribution in [0, 0.1) is 6.92 Å². The van der Waals surface area contributed by atoms with Crippen LogP contribution in [-0.2, 0) is 24.1 Å². The summed E-state index contributed by atoms with van der Waals surface area (Å²) in [6, 6.07) is 10.4. The molecule has 3 rings (SSSR count). The largest absolute Gasteiger partial charge is 0.493 e. The molecular formula is C23H29NO3. The third-order valence-corrected chi connectivity index (χ3v) is 5.44. The zero-order chi connectivity index (χ0) is 19.4. The maximum absolute atomic E-state index is 12.6. The molecule has 4 nitrogen and oxygen atoms in total. The fourth-order valence-corrected chi connectivity index (χ4v) is 3.78. The van der Waals surface area contributed by atoms with E-state index < -0.39 is 0 Å². The van der Waals surface area contributed by atoms with Crippen LogP contribution >= 0.6 is 0 Å². The van der Waals surface area contributed by atoms with Gasteiger partial charge >= 0.3 is 0 Å². The van der Waals surface area contributed by atoms with E-state index in [0.29, 0.717) is 17.9 Å². The number of hydrogen-bond acceptors (Lipinski definition) is 3. The monoisotopic (exact) mass is 367 g/mol. The van der Waals surface area contributed by atoms with Crippen LogP contribution in [0.5, 0.6) is 11.5 Å². The fourth-order valence-electron chi connectivity index (χ4n) is 3.78. The smallest absolute Gasteiger partial charge is 0.224 e. The van der Waals surface area contributed by atoms with Gasteiger partial charge in [0.05, 0.1) is 26.7 Å². The summed E-state index contributed by atoms with van der Waals surface area (Å²) in [5.41, 5.74) is 6.04. The van der Waals surface area contributed by atoms with Gasteiger partial charge in [0.1, 0.15) is 0 Å². The van der Waals surface area contributed by atoms with Gasteiger partial charge in [-0.05, 0) is 79.5 Å². The Morgan fingerprint density at radius 1 is 1.04 bits per heavy atom. The molecule has 1 N–H and O–H groups in total. The molecule has 0 aromatic heterocycles. The molecule has 0 aliphatic heterocycles. The minimum atomic E-state index is -0.00910. The minimum Gasteiger partial charge on any atom is -0.493 e. The number of fused-ring (bicyclic) bond motifs is 1. The summed E-state index contributed by atoms with van der Waals surface area (Å²) < 4.78 is 10.7. The second-order valence-corrected chi connectivity index (χ2v) is 7.33. The third-order valence-electron chi connectivity index (χ3n) is 5.44. The van der Waals surface area contributed by atoms with Crippen LogP contribution in [0.25, 0.3) is 0 Å². The van der Waals surface area contributed by atoms with Crippen LogP contribution < -0.4 is 14.8 Å². The lowest BCUT2D eigenvalue weighted by atomic mass is 9.89. The van der Waals surface area contributed by atoms with E-state index in [0.717, 1.165) is 17.5 Å². The van der Waals surface area contributed by atoms with E-state index in [1.165, 1.54) is 36.0 Å². The van der Waals surface area contributed by atoms with E-state index in [-0.39, 0.29) is 11.9 Å². The predicted octanol–water partition coefficient (Wildman–Crippen LogP) is 4.31. The van der Waals surface area contributed by atoms with Gasteiger partial charge < -0.3 is 14.8 Å². The summed E-state index contributed by atoms with van der Waals surface area (Å²) in [7, 11) is 3.22. The highest BCUT2D eigenvalue weighted by Crippen LogP contribution is 2.30. The quantitative estimate of drug-likeness (QED) is 0.827. The SMILES string of the molecule is COc1cc(C)c(CC(=O)NC(C)c2ccc3c(c2)CCCC3)cc1OC. The highest BCUT2D eigenvalue weighted by molar-refractivity contribution is 5.79. The number of ether oxygens (including phenoxy) is 2. The normalized spacial score (nSPS) is 14.2. The number of benzene rings is 2. The molecule has 27 heavy (non-hydrogen) atoms. The van der Waals surface area contributed by atoms with Crippen LogP contribution in [0.3, 0.4) is 0 Å². The van der Waals surface area contributed by atoms with Gasteiger partial charge in [-0.2, -0.15) is 0 Å². The molecule has 2 aromatic carbocycles. The molecule has 1 unspecified atom stereocenters. The van der Waals surface area contributed by atoms with Crippen molar-refractivity contribution < 1.29 is 14.3 Å². The first-order valence-electron chi connectivity index (χ1n) is 9.64. The molecule has 4 heteroatoms. The molecule has 1 aliphatic rings. The summed E-state index contributed by atoms with van der Waals surface area (Å²) in [5.74, 6) is 1.34. The number of carbonyl (C=O) groups is 1. The van der Waals surface area contributed by atoms with Crippen molar-refractivity contribution in [2.24, 2.45) is 0 Å². The molecule has 1 amide bonds. The summed E-state index contributed by atoms with van der Waals surface area (Å²) in [6.45, 7) is 4.03. The van der Waals surface area contributed by atoms with E-state index in [1.807, 2.05) is 26.0 Å². The lowest BCUT2D eigenvalue weighted by molar-refractivity contribution is -0.121. The van der Waals surface area contributed by atoms with Gasteiger partial charge in [-0.3, -0.25) is 4.79 Å². The second-order valence-electron chi connectivity index (χ2n) is 7.33. The summed E-state index contributed by atoms with van der Waals surface area (Å²) in [5, 5.41) is 3.13. The molecule has 0 heterocycles. The third kappa shape index (κ3) is 4.44. The first kappa shape index (κ1) is 19.3. The number of nitrogens with one attached hydrogen (secondary N) is 1. The van der Waals surface area contributed by atoms with Crippen LogP contribution in [0.15, 0.2) is 30.3 Å². The van der Waals surface area contributed by atoms with Gasteiger partial charge in [-0.1, -0.05) is 18.2 Å². The number of rotatable bonds is 6. The summed E-state index contributed by atoms with van der Waals surface area (Å²) in [6.07, 6.45) is 5.18. The maximum Gasteiger partial charge on any atom is 0.224 e. The minimum absolute atomic E-state index is 0.00910. The second kappa shape index (κ2) is 8.47. The van der Waals surface area contributed by atoms with Crippen molar-refractivity contribution in [2.45, 2.75) is 52.0 Å². The van der Waals surface area contributed by atoms with Gasteiger partial charge in [0.25, 0.3) is 0 Å². The highest BCUT2D eigenvalue weighted by Gasteiger charge is 2.16. The van der Waals surface area contributed by atoms with Gasteiger partial charge in [0.15, 0.2) is 11.5 Å².